The van der Waals surface area contributed by atoms with Gasteiger partial charge in [0.25, 0.3) is 0 Å². The third kappa shape index (κ3) is 3.11. The maximum atomic E-state index is 5.88. The summed E-state index contributed by atoms with van der Waals surface area (Å²) < 4.78 is 5.34. The molecule has 0 N–H and O–H groups in total. The van der Waals surface area contributed by atoms with Gasteiger partial charge in [-0.25, -0.2) is 0 Å². The third-order valence-electron chi connectivity index (χ3n) is 3.05. The molecule has 1 fully saturated rings. The van der Waals surface area contributed by atoms with Crippen LogP contribution in [0.2, 0.25) is 5.02 Å². The Kier molecular flexibility index (Phi) is 4.06. The van der Waals surface area contributed by atoms with Gasteiger partial charge in [0, 0.05) is 23.9 Å². The fraction of sp³-hybridized carbons (Fsp3) is 0.385. The van der Waals surface area contributed by atoms with E-state index in [1.807, 2.05) is 24.3 Å². The van der Waals surface area contributed by atoms with Gasteiger partial charge in [0.2, 0.25) is 0 Å². The molecule has 0 saturated carbocycles. The van der Waals surface area contributed by atoms with E-state index in [4.69, 9.17) is 16.3 Å². The van der Waals surface area contributed by atoms with Crippen LogP contribution < -0.4 is 0 Å². The van der Waals surface area contributed by atoms with Crippen LogP contribution in [0.15, 0.2) is 34.5 Å². The standard InChI is InChI=1S/C13H14ClN3OS/c14-11-3-1-10(2-4-11)12-9-19-13(16-15-12)17-5-7-18-8-6-17/h1-4H,5-9H2. The molecule has 6 heteroatoms. The average molecular weight is 296 g/mol. The number of amidine groups is 1. The molecule has 2 aliphatic rings. The molecule has 0 bridgehead atoms. The molecule has 0 aromatic heterocycles. The Bertz CT molecular complexity index is 509. The van der Waals surface area contributed by atoms with Crippen LogP contribution in [0, 0.1) is 0 Å². The molecule has 4 nitrogen and oxygen atoms in total. The molecule has 1 aromatic carbocycles. The summed E-state index contributed by atoms with van der Waals surface area (Å²) >= 11 is 7.62. The highest BCUT2D eigenvalue weighted by Gasteiger charge is 2.19. The van der Waals surface area contributed by atoms with Gasteiger partial charge in [-0.3, -0.25) is 0 Å². The molecular weight excluding hydrogens is 282 g/mol. The van der Waals surface area contributed by atoms with Gasteiger partial charge in [0.15, 0.2) is 5.17 Å². The number of thioether (sulfide) groups is 1. The van der Waals surface area contributed by atoms with Crippen LogP contribution in [0.5, 0.6) is 0 Å². The first-order chi connectivity index (χ1) is 9.33. The molecule has 0 spiro atoms. The highest BCUT2D eigenvalue weighted by molar-refractivity contribution is 8.14. The molecule has 100 valence electrons. The first-order valence-corrected chi connectivity index (χ1v) is 7.55. The van der Waals surface area contributed by atoms with Crippen LogP contribution in [-0.4, -0.2) is 47.8 Å². The highest BCUT2D eigenvalue weighted by Crippen LogP contribution is 2.20. The average Bonchev–Trinajstić information content (AvgIpc) is 2.49. The molecule has 1 saturated heterocycles. The Morgan fingerprint density at radius 1 is 1.11 bits per heavy atom. The van der Waals surface area contributed by atoms with E-state index in [0.717, 1.165) is 53.5 Å². The lowest BCUT2D eigenvalue weighted by atomic mass is 10.1. The predicted molar refractivity (Wildman–Crippen MR) is 80.3 cm³/mol. The second kappa shape index (κ2) is 5.94. The quantitative estimate of drug-likeness (QED) is 0.799. The lowest BCUT2D eigenvalue weighted by Crippen LogP contribution is -2.40. The van der Waals surface area contributed by atoms with Crippen molar-refractivity contribution in [1.82, 2.24) is 4.90 Å². The molecular formula is C13H14ClN3OS. The normalized spacial score (nSPS) is 19.9. The summed E-state index contributed by atoms with van der Waals surface area (Å²) in [5.41, 5.74) is 2.08. The molecule has 1 aromatic rings. The summed E-state index contributed by atoms with van der Waals surface area (Å²) in [5.74, 6) is 0.845. The van der Waals surface area contributed by atoms with E-state index < -0.39 is 0 Å². The maximum Gasteiger partial charge on any atom is 0.186 e. The molecule has 0 aliphatic carbocycles. The molecule has 0 unspecified atom stereocenters. The monoisotopic (exact) mass is 295 g/mol. The summed E-state index contributed by atoms with van der Waals surface area (Å²) in [6.07, 6.45) is 0. The van der Waals surface area contributed by atoms with Crippen LogP contribution in [0.3, 0.4) is 0 Å². The van der Waals surface area contributed by atoms with E-state index in [0.29, 0.717) is 0 Å². The first-order valence-electron chi connectivity index (χ1n) is 6.19. The number of nitrogens with zero attached hydrogens (tertiary/aromatic N) is 3. The van der Waals surface area contributed by atoms with Crippen LogP contribution in [-0.2, 0) is 4.74 Å². The maximum absolute atomic E-state index is 5.88. The zero-order valence-corrected chi connectivity index (χ0v) is 12.0. The second-order valence-electron chi connectivity index (χ2n) is 4.32. The van der Waals surface area contributed by atoms with Gasteiger partial charge in [-0.2, -0.15) is 5.10 Å². The fourth-order valence-corrected chi connectivity index (χ4v) is 3.07. The molecule has 3 rings (SSSR count). The van der Waals surface area contributed by atoms with E-state index >= 15 is 0 Å². The third-order valence-corrected chi connectivity index (χ3v) is 4.32. The summed E-state index contributed by atoms with van der Waals surface area (Å²) in [6.45, 7) is 3.34. The number of ether oxygens (including phenoxy) is 1. The Morgan fingerprint density at radius 2 is 1.84 bits per heavy atom. The summed E-state index contributed by atoms with van der Waals surface area (Å²) in [5, 5.41) is 10.4. The van der Waals surface area contributed by atoms with Crippen LogP contribution in [0.25, 0.3) is 0 Å². The number of hydrogen-bond acceptors (Lipinski definition) is 5. The molecule has 0 amide bonds. The number of rotatable bonds is 1. The van der Waals surface area contributed by atoms with Gasteiger partial charge in [-0.15, -0.1) is 5.10 Å². The van der Waals surface area contributed by atoms with Crippen LogP contribution in [0.4, 0.5) is 0 Å². The molecule has 19 heavy (non-hydrogen) atoms. The van der Waals surface area contributed by atoms with Crippen molar-refractivity contribution in [3.63, 3.8) is 0 Å². The Balaban J connectivity index is 1.74. The van der Waals surface area contributed by atoms with Crippen molar-refractivity contribution in [1.29, 1.82) is 0 Å². The Hall–Kier alpha value is -1.04. The zero-order chi connectivity index (χ0) is 13.1. The van der Waals surface area contributed by atoms with E-state index in [1.165, 1.54) is 0 Å². The van der Waals surface area contributed by atoms with Gasteiger partial charge in [-0.1, -0.05) is 35.5 Å². The van der Waals surface area contributed by atoms with Gasteiger partial charge in [0.05, 0.1) is 18.9 Å². The first kappa shape index (κ1) is 13.0. The number of hydrogen-bond donors (Lipinski definition) is 0. The van der Waals surface area contributed by atoms with Crippen molar-refractivity contribution in [2.45, 2.75) is 0 Å². The number of benzene rings is 1. The van der Waals surface area contributed by atoms with E-state index in [2.05, 4.69) is 15.1 Å². The van der Waals surface area contributed by atoms with Crippen molar-refractivity contribution in [3.05, 3.63) is 34.9 Å². The summed E-state index contributed by atoms with van der Waals surface area (Å²) in [6, 6.07) is 7.73. The minimum Gasteiger partial charge on any atom is -0.378 e. The molecule has 0 atom stereocenters. The SMILES string of the molecule is Clc1ccc(C2=NN=C(N3CCOCC3)SC2)cc1. The minimum absolute atomic E-state index is 0.741. The largest absolute Gasteiger partial charge is 0.378 e. The minimum atomic E-state index is 0.741. The van der Waals surface area contributed by atoms with Crippen molar-refractivity contribution in [2.75, 3.05) is 32.1 Å². The Morgan fingerprint density at radius 3 is 2.47 bits per heavy atom. The van der Waals surface area contributed by atoms with Gasteiger partial charge in [0.1, 0.15) is 0 Å². The Labute approximate surface area is 121 Å². The van der Waals surface area contributed by atoms with E-state index in [9.17, 15) is 0 Å². The van der Waals surface area contributed by atoms with Gasteiger partial charge in [-0.05, 0) is 17.7 Å². The van der Waals surface area contributed by atoms with Crippen molar-refractivity contribution in [2.24, 2.45) is 10.2 Å². The van der Waals surface area contributed by atoms with Crippen LogP contribution >= 0.6 is 23.4 Å². The topological polar surface area (TPSA) is 37.2 Å². The van der Waals surface area contributed by atoms with Gasteiger partial charge >= 0.3 is 0 Å². The number of halogens is 1. The lowest BCUT2D eigenvalue weighted by molar-refractivity contribution is 0.0692. The smallest absolute Gasteiger partial charge is 0.186 e. The predicted octanol–water partition coefficient (Wildman–Crippen LogP) is 2.48. The highest BCUT2D eigenvalue weighted by atomic mass is 35.5. The molecule has 2 aliphatic heterocycles. The zero-order valence-electron chi connectivity index (χ0n) is 10.4. The lowest BCUT2D eigenvalue weighted by Gasteiger charge is -2.29. The van der Waals surface area contributed by atoms with E-state index in [-0.39, 0.29) is 0 Å². The van der Waals surface area contributed by atoms with Crippen molar-refractivity contribution >= 4 is 34.2 Å². The fourth-order valence-electron chi connectivity index (χ4n) is 1.99. The van der Waals surface area contributed by atoms with E-state index in [1.54, 1.807) is 11.8 Å². The van der Waals surface area contributed by atoms with Gasteiger partial charge < -0.3 is 9.64 Å². The van der Waals surface area contributed by atoms with Crippen molar-refractivity contribution < 1.29 is 4.74 Å². The molecule has 0 radical (unpaired) electrons. The second-order valence-corrected chi connectivity index (χ2v) is 5.70. The van der Waals surface area contributed by atoms with Crippen LogP contribution in [0.1, 0.15) is 5.56 Å². The summed E-state index contributed by atoms with van der Waals surface area (Å²) in [7, 11) is 0. The summed E-state index contributed by atoms with van der Waals surface area (Å²) in [4.78, 5) is 2.23. The molecule has 2 heterocycles. The van der Waals surface area contributed by atoms with Crippen molar-refractivity contribution in [3.8, 4) is 0 Å². The number of morpholine rings is 1.